The molecule has 2 aromatic carbocycles. The molecule has 0 aliphatic rings. The van der Waals surface area contributed by atoms with Crippen molar-refractivity contribution in [2.75, 3.05) is 13.7 Å². The lowest BCUT2D eigenvalue weighted by molar-refractivity contribution is 0.0953. The van der Waals surface area contributed by atoms with Crippen LogP contribution in [-0.2, 0) is 6.61 Å². The van der Waals surface area contributed by atoms with Gasteiger partial charge in [0, 0.05) is 0 Å². The molecule has 106 valence electrons. The molecule has 20 heavy (non-hydrogen) atoms. The van der Waals surface area contributed by atoms with Crippen molar-refractivity contribution in [3.63, 3.8) is 0 Å². The summed E-state index contributed by atoms with van der Waals surface area (Å²) in [6.07, 6.45) is -0.910. The van der Waals surface area contributed by atoms with Gasteiger partial charge in [-0.3, -0.25) is 0 Å². The largest absolute Gasteiger partial charge is 0.493 e. The van der Waals surface area contributed by atoms with Crippen LogP contribution in [0.1, 0.15) is 17.2 Å². The first kappa shape index (κ1) is 14.4. The van der Waals surface area contributed by atoms with Gasteiger partial charge in [0.25, 0.3) is 0 Å². The van der Waals surface area contributed by atoms with Crippen LogP contribution in [0.4, 0.5) is 0 Å². The minimum Gasteiger partial charge on any atom is -0.493 e. The summed E-state index contributed by atoms with van der Waals surface area (Å²) in [5, 5.41) is 18.6. The van der Waals surface area contributed by atoms with Crippen LogP contribution < -0.4 is 9.47 Å². The topological polar surface area (TPSA) is 58.9 Å². The summed E-state index contributed by atoms with van der Waals surface area (Å²) < 4.78 is 11.0. The normalized spacial score (nSPS) is 11.9. The highest BCUT2D eigenvalue weighted by Crippen LogP contribution is 2.30. The standard InChI is InChI=1S/C16H18O4/c1-19-16-9-13(14(18)10-17)7-8-15(16)20-11-12-5-3-2-4-6-12/h2-9,14,17-18H,10-11H2,1H3/t14-/m0/s1. The van der Waals surface area contributed by atoms with Gasteiger partial charge in [0.15, 0.2) is 11.5 Å². The Morgan fingerprint density at radius 3 is 2.45 bits per heavy atom. The van der Waals surface area contributed by atoms with Gasteiger partial charge in [0.1, 0.15) is 12.7 Å². The summed E-state index contributed by atoms with van der Waals surface area (Å²) in [4.78, 5) is 0. The molecule has 2 N–H and O–H groups in total. The van der Waals surface area contributed by atoms with Crippen molar-refractivity contribution in [1.82, 2.24) is 0 Å². The van der Waals surface area contributed by atoms with Gasteiger partial charge in [-0.05, 0) is 23.3 Å². The number of methoxy groups -OCH3 is 1. The van der Waals surface area contributed by atoms with Crippen LogP contribution in [-0.4, -0.2) is 23.9 Å². The van der Waals surface area contributed by atoms with Crippen molar-refractivity contribution < 1.29 is 19.7 Å². The molecule has 0 radical (unpaired) electrons. The van der Waals surface area contributed by atoms with Crippen LogP contribution in [0.3, 0.4) is 0 Å². The van der Waals surface area contributed by atoms with E-state index in [0.717, 1.165) is 5.56 Å². The maximum Gasteiger partial charge on any atom is 0.161 e. The van der Waals surface area contributed by atoms with Gasteiger partial charge in [-0.25, -0.2) is 0 Å². The lowest BCUT2D eigenvalue weighted by atomic mass is 10.1. The highest BCUT2D eigenvalue weighted by Gasteiger charge is 2.11. The summed E-state index contributed by atoms with van der Waals surface area (Å²) in [5.74, 6) is 1.14. The SMILES string of the molecule is COc1cc([C@@H](O)CO)ccc1OCc1ccccc1. The summed E-state index contributed by atoms with van der Waals surface area (Å²) in [6.45, 7) is 0.118. The minimum absolute atomic E-state index is 0.326. The third-order valence-corrected chi connectivity index (χ3v) is 2.98. The molecule has 1 atom stereocenters. The van der Waals surface area contributed by atoms with E-state index in [1.165, 1.54) is 0 Å². The molecule has 0 saturated carbocycles. The molecule has 4 nitrogen and oxygen atoms in total. The van der Waals surface area contributed by atoms with Crippen LogP contribution in [0.2, 0.25) is 0 Å². The zero-order valence-corrected chi connectivity index (χ0v) is 11.3. The summed E-state index contributed by atoms with van der Waals surface area (Å²) in [5.41, 5.74) is 1.66. The second-order valence-electron chi connectivity index (χ2n) is 4.38. The lowest BCUT2D eigenvalue weighted by Crippen LogP contribution is -2.04. The molecule has 0 amide bonds. The zero-order valence-electron chi connectivity index (χ0n) is 11.3. The van der Waals surface area contributed by atoms with Gasteiger partial charge in [0.2, 0.25) is 0 Å². The molecule has 0 aliphatic heterocycles. The number of benzene rings is 2. The molecule has 0 unspecified atom stereocenters. The Labute approximate surface area is 118 Å². The van der Waals surface area contributed by atoms with Crippen molar-refractivity contribution in [3.05, 3.63) is 59.7 Å². The van der Waals surface area contributed by atoms with Crippen LogP contribution in [0.15, 0.2) is 48.5 Å². The van der Waals surface area contributed by atoms with Crippen molar-refractivity contribution in [2.24, 2.45) is 0 Å². The third kappa shape index (κ3) is 3.50. The van der Waals surface area contributed by atoms with Crippen molar-refractivity contribution in [3.8, 4) is 11.5 Å². The predicted molar refractivity (Wildman–Crippen MR) is 75.8 cm³/mol. The van der Waals surface area contributed by atoms with Crippen LogP contribution in [0.25, 0.3) is 0 Å². The lowest BCUT2D eigenvalue weighted by Gasteiger charge is -2.14. The van der Waals surface area contributed by atoms with Crippen molar-refractivity contribution in [2.45, 2.75) is 12.7 Å². The number of aliphatic hydroxyl groups excluding tert-OH is 2. The Kier molecular flexibility index (Phi) is 4.98. The van der Waals surface area contributed by atoms with Gasteiger partial charge in [-0.1, -0.05) is 36.4 Å². The van der Waals surface area contributed by atoms with E-state index < -0.39 is 6.10 Å². The van der Waals surface area contributed by atoms with E-state index in [2.05, 4.69) is 0 Å². The zero-order chi connectivity index (χ0) is 14.4. The van der Waals surface area contributed by atoms with E-state index in [1.54, 1.807) is 25.3 Å². The highest BCUT2D eigenvalue weighted by molar-refractivity contribution is 5.43. The molecule has 0 aliphatic carbocycles. The fourth-order valence-corrected chi connectivity index (χ4v) is 1.85. The van der Waals surface area contributed by atoms with E-state index in [4.69, 9.17) is 14.6 Å². The summed E-state index contributed by atoms with van der Waals surface area (Å²) in [7, 11) is 1.54. The van der Waals surface area contributed by atoms with E-state index in [9.17, 15) is 5.11 Å². The Balaban J connectivity index is 2.11. The summed E-state index contributed by atoms with van der Waals surface area (Å²) in [6, 6.07) is 14.9. The molecular formula is C16H18O4. The van der Waals surface area contributed by atoms with E-state index in [1.807, 2.05) is 30.3 Å². The average molecular weight is 274 g/mol. The van der Waals surface area contributed by atoms with E-state index in [-0.39, 0.29) is 6.61 Å². The molecule has 0 aromatic heterocycles. The fraction of sp³-hybridized carbons (Fsp3) is 0.250. The minimum atomic E-state index is -0.910. The molecule has 0 saturated heterocycles. The van der Waals surface area contributed by atoms with E-state index >= 15 is 0 Å². The van der Waals surface area contributed by atoms with Crippen molar-refractivity contribution >= 4 is 0 Å². The molecule has 0 bridgehead atoms. The van der Waals surface area contributed by atoms with E-state index in [0.29, 0.717) is 23.7 Å². The second-order valence-corrected chi connectivity index (χ2v) is 4.38. The first-order valence-corrected chi connectivity index (χ1v) is 6.38. The fourth-order valence-electron chi connectivity index (χ4n) is 1.85. The second kappa shape index (κ2) is 6.93. The molecule has 0 spiro atoms. The molecule has 0 fully saturated rings. The smallest absolute Gasteiger partial charge is 0.161 e. The Hall–Kier alpha value is -2.04. The number of hydrogen-bond acceptors (Lipinski definition) is 4. The van der Waals surface area contributed by atoms with Gasteiger partial charge >= 0.3 is 0 Å². The van der Waals surface area contributed by atoms with Gasteiger partial charge in [-0.2, -0.15) is 0 Å². The molecule has 0 heterocycles. The third-order valence-electron chi connectivity index (χ3n) is 2.98. The number of hydrogen-bond donors (Lipinski definition) is 2. The highest BCUT2D eigenvalue weighted by atomic mass is 16.5. The molecule has 2 aromatic rings. The van der Waals surface area contributed by atoms with Crippen molar-refractivity contribution in [1.29, 1.82) is 0 Å². The average Bonchev–Trinajstić information content (AvgIpc) is 2.53. The maximum absolute atomic E-state index is 9.60. The Morgan fingerprint density at radius 1 is 1.05 bits per heavy atom. The molecular weight excluding hydrogens is 256 g/mol. The monoisotopic (exact) mass is 274 g/mol. The first-order valence-electron chi connectivity index (χ1n) is 6.38. The van der Waals surface area contributed by atoms with Gasteiger partial charge in [0.05, 0.1) is 13.7 Å². The van der Waals surface area contributed by atoms with Gasteiger partial charge in [-0.15, -0.1) is 0 Å². The number of ether oxygens (including phenoxy) is 2. The summed E-state index contributed by atoms with van der Waals surface area (Å²) >= 11 is 0. The predicted octanol–water partition coefficient (Wildman–Crippen LogP) is 2.30. The Bertz CT molecular complexity index is 539. The van der Waals surface area contributed by atoms with Gasteiger partial charge < -0.3 is 19.7 Å². The first-order chi connectivity index (χ1) is 9.74. The van der Waals surface area contributed by atoms with Crippen LogP contribution in [0.5, 0.6) is 11.5 Å². The maximum atomic E-state index is 9.60. The molecule has 2 rings (SSSR count). The number of aliphatic hydroxyl groups is 2. The Morgan fingerprint density at radius 2 is 1.80 bits per heavy atom. The quantitative estimate of drug-likeness (QED) is 0.848. The van der Waals surface area contributed by atoms with Crippen LogP contribution in [0, 0.1) is 0 Å². The molecule has 4 heteroatoms. The number of rotatable bonds is 6. The van der Waals surface area contributed by atoms with Crippen LogP contribution >= 0.6 is 0 Å².